The maximum Gasteiger partial charge on any atom is 0.0647 e. The van der Waals surface area contributed by atoms with Crippen molar-refractivity contribution < 1.29 is 9.84 Å². The normalized spacial score (nSPS) is 35.0. The first kappa shape index (κ1) is 8.52. The summed E-state index contributed by atoms with van der Waals surface area (Å²) >= 11 is 0. The van der Waals surface area contributed by atoms with E-state index in [1.165, 1.54) is 12.8 Å². The first-order valence-corrected chi connectivity index (χ1v) is 5.04. The summed E-state index contributed by atoms with van der Waals surface area (Å²) in [6.45, 7) is 3.82. The van der Waals surface area contributed by atoms with Gasteiger partial charge >= 0.3 is 0 Å². The van der Waals surface area contributed by atoms with Crippen molar-refractivity contribution >= 4 is 0 Å². The summed E-state index contributed by atoms with van der Waals surface area (Å²) in [6, 6.07) is 0. The molecule has 2 rings (SSSR count). The van der Waals surface area contributed by atoms with E-state index < -0.39 is 0 Å². The smallest absolute Gasteiger partial charge is 0.0647 e. The summed E-state index contributed by atoms with van der Waals surface area (Å²) in [7, 11) is 0. The lowest BCUT2D eigenvalue weighted by Gasteiger charge is -2.25. The lowest BCUT2D eigenvalue weighted by Crippen LogP contribution is -2.30. The van der Waals surface area contributed by atoms with Crippen molar-refractivity contribution in [3.05, 3.63) is 0 Å². The summed E-state index contributed by atoms with van der Waals surface area (Å²) in [6.07, 6.45) is 4.54. The van der Waals surface area contributed by atoms with E-state index in [0.29, 0.717) is 11.3 Å². The van der Waals surface area contributed by atoms with E-state index in [1.807, 2.05) is 0 Å². The maximum absolute atomic E-state index is 10.1. The first-order chi connectivity index (χ1) is 5.78. The molecule has 70 valence electrons. The quantitative estimate of drug-likeness (QED) is 0.696. The summed E-state index contributed by atoms with van der Waals surface area (Å²) < 4.78 is 5.29. The second-order valence-corrected chi connectivity index (χ2v) is 4.28. The van der Waals surface area contributed by atoms with E-state index in [1.54, 1.807) is 0 Å². The SMILES string of the molecule is CCC1(C(O)C2CCOC2)CC1. The van der Waals surface area contributed by atoms with E-state index in [4.69, 9.17) is 4.74 Å². The van der Waals surface area contributed by atoms with E-state index >= 15 is 0 Å². The Kier molecular flexibility index (Phi) is 2.13. The Morgan fingerprint density at radius 3 is 2.75 bits per heavy atom. The van der Waals surface area contributed by atoms with Gasteiger partial charge in [0.2, 0.25) is 0 Å². The van der Waals surface area contributed by atoms with Crippen molar-refractivity contribution in [2.24, 2.45) is 11.3 Å². The Hall–Kier alpha value is -0.0800. The molecule has 0 amide bonds. The van der Waals surface area contributed by atoms with Gasteiger partial charge in [-0.15, -0.1) is 0 Å². The van der Waals surface area contributed by atoms with Crippen molar-refractivity contribution in [2.45, 2.75) is 38.7 Å². The Bertz CT molecular complexity index is 157. The van der Waals surface area contributed by atoms with E-state index in [0.717, 1.165) is 26.1 Å². The second kappa shape index (κ2) is 3.00. The molecule has 0 aromatic rings. The van der Waals surface area contributed by atoms with Crippen molar-refractivity contribution in [1.29, 1.82) is 0 Å². The molecule has 0 spiro atoms. The zero-order chi connectivity index (χ0) is 8.60. The van der Waals surface area contributed by atoms with Crippen molar-refractivity contribution in [2.75, 3.05) is 13.2 Å². The minimum Gasteiger partial charge on any atom is -0.392 e. The largest absolute Gasteiger partial charge is 0.392 e. The molecule has 12 heavy (non-hydrogen) atoms. The van der Waals surface area contributed by atoms with Gasteiger partial charge in [-0.3, -0.25) is 0 Å². The third-order valence-electron chi connectivity index (χ3n) is 3.64. The molecule has 2 atom stereocenters. The highest BCUT2D eigenvalue weighted by atomic mass is 16.5. The van der Waals surface area contributed by atoms with Gasteiger partial charge in [-0.25, -0.2) is 0 Å². The first-order valence-electron chi connectivity index (χ1n) is 5.04. The standard InChI is InChI=1S/C10H18O2/c1-2-10(4-5-10)9(11)8-3-6-12-7-8/h8-9,11H,2-7H2,1H3. The lowest BCUT2D eigenvalue weighted by molar-refractivity contribution is 0.0289. The maximum atomic E-state index is 10.1. The van der Waals surface area contributed by atoms with Gasteiger partial charge in [0.1, 0.15) is 0 Å². The highest BCUT2D eigenvalue weighted by molar-refractivity contribution is 5.00. The summed E-state index contributed by atoms with van der Waals surface area (Å²) in [4.78, 5) is 0. The molecule has 1 N–H and O–H groups in total. The van der Waals surface area contributed by atoms with Crippen molar-refractivity contribution in [3.8, 4) is 0 Å². The molecule has 1 aliphatic carbocycles. The minimum atomic E-state index is -0.0926. The van der Waals surface area contributed by atoms with Crippen LogP contribution in [0.4, 0.5) is 0 Å². The van der Waals surface area contributed by atoms with Gasteiger partial charge in [-0.1, -0.05) is 6.92 Å². The number of ether oxygens (including phenoxy) is 1. The van der Waals surface area contributed by atoms with Crippen LogP contribution in [0.3, 0.4) is 0 Å². The number of hydrogen-bond acceptors (Lipinski definition) is 2. The van der Waals surface area contributed by atoms with Crippen LogP contribution in [0.2, 0.25) is 0 Å². The van der Waals surface area contributed by atoms with E-state index in [-0.39, 0.29) is 6.10 Å². The van der Waals surface area contributed by atoms with Crippen LogP contribution in [-0.2, 0) is 4.74 Å². The van der Waals surface area contributed by atoms with Crippen molar-refractivity contribution in [3.63, 3.8) is 0 Å². The summed E-state index contributed by atoms with van der Waals surface area (Å²) in [5.74, 6) is 0.424. The molecule has 2 nitrogen and oxygen atoms in total. The molecule has 2 fully saturated rings. The molecular weight excluding hydrogens is 152 g/mol. The molecule has 1 heterocycles. The number of aliphatic hydroxyl groups is 1. The van der Waals surface area contributed by atoms with E-state index in [2.05, 4.69) is 6.92 Å². The number of aliphatic hydroxyl groups excluding tert-OH is 1. The third kappa shape index (κ3) is 1.27. The predicted molar refractivity (Wildman–Crippen MR) is 46.9 cm³/mol. The Labute approximate surface area is 73.9 Å². The summed E-state index contributed by atoms with van der Waals surface area (Å²) in [5.41, 5.74) is 0.290. The highest BCUT2D eigenvalue weighted by Crippen LogP contribution is 2.54. The minimum absolute atomic E-state index is 0.0926. The average molecular weight is 170 g/mol. The van der Waals surface area contributed by atoms with Crippen LogP contribution >= 0.6 is 0 Å². The molecule has 1 saturated heterocycles. The van der Waals surface area contributed by atoms with Gasteiger partial charge in [0, 0.05) is 12.5 Å². The van der Waals surface area contributed by atoms with Gasteiger partial charge in [-0.2, -0.15) is 0 Å². The van der Waals surface area contributed by atoms with Gasteiger partial charge < -0.3 is 9.84 Å². The van der Waals surface area contributed by atoms with Crippen LogP contribution in [0.25, 0.3) is 0 Å². The van der Waals surface area contributed by atoms with Crippen LogP contribution in [-0.4, -0.2) is 24.4 Å². The highest BCUT2D eigenvalue weighted by Gasteiger charge is 2.50. The fourth-order valence-electron chi connectivity index (χ4n) is 2.32. The molecule has 1 saturated carbocycles. The fraction of sp³-hybridized carbons (Fsp3) is 1.00. The molecule has 0 bridgehead atoms. The third-order valence-corrected chi connectivity index (χ3v) is 3.64. The summed E-state index contributed by atoms with van der Waals surface area (Å²) in [5, 5.41) is 10.1. The molecule has 2 aliphatic rings. The Morgan fingerprint density at radius 2 is 2.33 bits per heavy atom. The van der Waals surface area contributed by atoms with Gasteiger partial charge in [0.25, 0.3) is 0 Å². The van der Waals surface area contributed by atoms with Gasteiger partial charge in [-0.05, 0) is 31.1 Å². The molecule has 2 unspecified atom stereocenters. The molecule has 0 aromatic carbocycles. The van der Waals surface area contributed by atoms with Crippen LogP contribution in [0.1, 0.15) is 32.6 Å². The van der Waals surface area contributed by atoms with Crippen LogP contribution in [0, 0.1) is 11.3 Å². The number of hydrogen-bond donors (Lipinski definition) is 1. The molecule has 0 aromatic heterocycles. The van der Waals surface area contributed by atoms with E-state index in [9.17, 15) is 5.11 Å². The lowest BCUT2D eigenvalue weighted by atomic mass is 9.86. The molecule has 1 aliphatic heterocycles. The average Bonchev–Trinajstić information content (AvgIpc) is 2.71. The monoisotopic (exact) mass is 170 g/mol. The molecule has 2 heteroatoms. The predicted octanol–water partition coefficient (Wildman–Crippen LogP) is 1.57. The van der Waals surface area contributed by atoms with Gasteiger partial charge in [0.05, 0.1) is 12.7 Å². The second-order valence-electron chi connectivity index (χ2n) is 4.28. The topological polar surface area (TPSA) is 29.5 Å². The Balaban J connectivity index is 1.94. The zero-order valence-corrected chi connectivity index (χ0v) is 7.75. The van der Waals surface area contributed by atoms with Crippen LogP contribution < -0.4 is 0 Å². The van der Waals surface area contributed by atoms with Crippen LogP contribution in [0.5, 0.6) is 0 Å². The Morgan fingerprint density at radius 1 is 1.58 bits per heavy atom. The fourth-order valence-corrected chi connectivity index (χ4v) is 2.32. The number of rotatable bonds is 3. The zero-order valence-electron chi connectivity index (χ0n) is 7.75. The molecular formula is C10H18O2. The van der Waals surface area contributed by atoms with Crippen LogP contribution in [0.15, 0.2) is 0 Å². The van der Waals surface area contributed by atoms with Crippen molar-refractivity contribution in [1.82, 2.24) is 0 Å². The van der Waals surface area contributed by atoms with Gasteiger partial charge in [0.15, 0.2) is 0 Å². The molecule has 0 radical (unpaired) electrons.